The highest BCUT2D eigenvalue weighted by Gasteiger charge is 2.55. The SMILES string of the molecule is CCCCC(CC)NC1C(NC(=O)OC(C)(C)C)C2CCOC21. The van der Waals surface area contributed by atoms with Crippen molar-refractivity contribution in [3.63, 3.8) is 0 Å². The van der Waals surface area contributed by atoms with Gasteiger partial charge in [-0.2, -0.15) is 0 Å². The molecule has 1 saturated carbocycles. The molecule has 2 fully saturated rings. The molecule has 2 N–H and O–H groups in total. The van der Waals surface area contributed by atoms with E-state index in [1.807, 2.05) is 20.8 Å². The van der Waals surface area contributed by atoms with Gasteiger partial charge in [0.05, 0.1) is 18.2 Å². The molecule has 1 amide bonds. The van der Waals surface area contributed by atoms with Crippen molar-refractivity contribution in [3.8, 4) is 0 Å². The fraction of sp³-hybridized carbons (Fsp3) is 0.944. The molecule has 5 atom stereocenters. The lowest BCUT2D eigenvalue weighted by Gasteiger charge is -2.49. The van der Waals surface area contributed by atoms with Crippen molar-refractivity contribution in [1.29, 1.82) is 0 Å². The van der Waals surface area contributed by atoms with Gasteiger partial charge in [-0.15, -0.1) is 0 Å². The summed E-state index contributed by atoms with van der Waals surface area (Å²) in [7, 11) is 0. The summed E-state index contributed by atoms with van der Waals surface area (Å²) in [5, 5.41) is 6.81. The van der Waals surface area contributed by atoms with Gasteiger partial charge in [-0.1, -0.05) is 26.7 Å². The second-order valence-electron chi connectivity index (χ2n) is 7.90. The van der Waals surface area contributed by atoms with Crippen LogP contribution >= 0.6 is 0 Å². The highest BCUT2D eigenvalue weighted by molar-refractivity contribution is 5.68. The first-order valence-corrected chi connectivity index (χ1v) is 9.23. The summed E-state index contributed by atoms with van der Waals surface area (Å²) in [6.07, 6.45) is 5.68. The number of hydrogen-bond donors (Lipinski definition) is 2. The largest absolute Gasteiger partial charge is 0.444 e. The van der Waals surface area contributed by atoms with Gasteiger partial charge in [-0.3, -0.25) is 0 Å². The first kappa shape index (κ1) is 18.5. The maximum Gasteiger partial charge on any atom is 0.407 e. The number of hydrogen-bond acceptors (Lipinski definition) is 4. The molecule has 1 aliphatic carbocycles. The van der Waals surface area contributed by atoms with E-state index in [-0.39, 0.29) is 24.3 Å². The summed E-state index contributed by atoms with van der Waals surface area (Å²) >= 11 is 0. The lowest BCUT2D eigenvalue weighted by atomic mass is 9.71. The Kier molecular flexibility index (Phi) is 6.32. The molecule has 1 heterocycles. The normalized spacial score (nSPS) is 31.2. The van der Waals surface area contributed by atoms with Crippen LogP contribution in [0.25, 0.3) is 0 Å². The summed E-state index contributed by atoms with van der Waals surface area (Å²) in [6, 6.07) is 0.817. The Hall–Kier alpha value is -0.810. The van der Waals surface area contributed by atoms with Crippen LogP contribution in [0.4, 0.5) is 4.79 Å². The van der Waals surface area contributed by atoms with Crippen molar-refractivity contribution >= 4 is 6.09 Å². The highest BCUT2D eigenvalue weighted by Crippen LogP contribution is 2.39. The Morgan fingerprint density at radius 2 is 2.04 bits per heavy atom. The van der Waals surface area contributed by atoms with Crippen LogP contribution in [0.5, 0.6) is 0 Å². The molecule has 1 aliphatic heterocycles. The van der Waals surface area contributed by atoms with Gasteiger partial charge >= 0.3 is 6.09 Å². The van der Waals surface area contributed by atoms with Crippen LogP contribution < -0.4 is 10.6 Å². The van der Waals surface area contributed by atoms with E-state index < -0.39 is 5.60 Å². The van der Waals surface area contributed by atoms with Crippen LogP contribution in [-0.4, -0.2) is 42.5 Å². The quantitative estimate of drug-likeness (QED) is 0.754. The molecule has 1 saturated heterocycles. The molecule has 134 valence electrons. The molecule has 2 aliphatic rings. The minimum absolute atomic E-state index is 0.119. The van der Waals surface area contributed by atoms with E-state index in [0.29, 0.717) is 12.0 Å². The first-order chi connectivity index (χ1) is 10.9. The molecule has 5 unspecified atom stereocenters. The van der Waals surface area contributed by atoms with E-state index in [2.05, 4.69) is 24.5 Å². The Bertz CT molecular complexity index is 394. The summed E-state index contributed by atoms with van der Waals surface area (Å²) in [4.78, 5) is 12.1. The number of unbranched alkanes of at least 4 members (excludes halogenated alkanes) is 1. The van der Waals surface area contributed by atoms with Gasteiger partial charge in [-0.05, 0) is 40.0 Å². The fourth-order valence-electron chi connectivity index (χ4n) is 3.67. The Labute approximate surface area is 140 Å². The van der Waals surface area contributed by atoms with E-state index in [4.69, 9.17) is 9.47 Å². The van der Waals surface area contributed by atoms with E-state index in [1.54, 1.807) is 0 Å². The number of amides is 1. The van der Waals surface area contributed by atoms with Gasteiger partial charge in [0.25, 0.3) is 0 Å². The van der Waals surface area contributed by atoms with Crippen LogP contribution in [0, 0.1) is 5.92 Å². The van der Waals surface area contributed by atoms with Crippen molar-refractivity contribution in [2.24, 2.45) is 5.92 Å². The molecular formula is C18H34N2O3. The average molecular weight is 326 g/mol. The summed E-state index contributed by atoms with van der Waals surface area (Å²) in [6.45, 7) is 10.9. The maximum absolute atomic E-state index is 12.1. The molecule has 23 heavy (non-hydrogen) atoms. The lowest BCUT2D eigenvalue weighted by molar-refractivity contribution is -0.0382. The molecule has 0 spiro atoms. The molecule has 2 rings (SSSR count). The molecule has 0 aromatic rings. The van der Waals surface area contributed by atoms with Gasteiger partial charge in [0.15, 0.2) is 0 Å². The van der Waals surface area contributed by atoms with Crippen molar-refractivity contribution in [2.75, 3.05) is 6.61 Å². The van der Waals surface area contributed by atoms with Crippen LogP contribution in [0.2, 0.25) is 0 Å². The van der Waals surface area contributed by atoms with Gasteiger partial charge in [0, 0.05) is 18.6 Å². The Balaban J connectivity index is 1.92. The molecule has 5 nitrogen and oxygen atoms in total. The third kappa shape index (κ3) is 4.83. The smallest absolute Gasteiger partial charge is 0.407 e. The van der Waals surface area contributed by atoms with Crippen molar-refractivity contribution in [3.05, 3.63) is 0 Å². The standard InChI is InChI=1S/C18H34N2O3/c1-6-8-9-12(7-2)19-15-14(13-10-11-22-16(13)15)20-17(21)23-18(3,4)5/h12-16,19H,6-11H2,1-5H3,(H,20,21). The number of rotatable bonds is 7. The molecule has 0 radical (unpaired) electrons. The number of nitrogens with one attached hydrogen (secondary N) is 2. The predicted octanol–water partition coefficient (Wildman–Crippen LogP) is 3.23. The third-order valence-corrected chi connectivity index (χ3v) is 4.90. The molecule has 0 bridgehead atoms. The number of carbonyl (C=O) groups excluding carboxylic acids is 1. The minimum Gasteiger partial charge on any atom is -0.444 e. The van der Waals surface area contributed by atoms with Crippen molar-refractivity contribution < 1.29 is 14.3 Å². The zero-order valence-electron chi connectivity index (χ0n) is 15.4. The van der Waals surface area contributed by atoms with Gasteiger partial charge in [-0.25, -0.2) is 4.79 Å². The predicted molar refractivity (Wildman–Crippen MR) is 91.5 cm³/mol. The van der Waals surface area contributed by atoms with Gasteiger partial charge < -0.3 is 20.1 Å². The summed E-state index contributed by atoms with van der Waals surface area (Å²) in [5.41, 5.74) is -0.463. The number of fused-ring (bicyclic) bond motifs is 1. The van der Waals surface area contributed by atoms with Crippen LogP contribution in [0.15, 0.2) is 0 Å². The number of ether oxygens (including phenoxy) is 2. The third-order valence-electron chi connectivity index (χ3n) is 4.90. The average Bonchev–Trinajstić information content (AvgIpc) is 2.88. The van der Waals surface area contributed by atoms with Crippen molar-refractivity contribution in [1.82, 2.24) is 10.6 Å². The van der Waals surface area contributed by atoms with E-state index in [0.717, 1.165) is 19.4 Å². The number of alkyl carbamates (subject to hydrolysis) is 1. The second kappa shape index (κ2) is 7.84. The molecular weight excluding hydrogens is 292 g/mol. The Morgan fingerprint density at radius 3 is 2.65 bits per heavy atom. The van der Waals surface area contributed by atoms with Gasteiger partial charge in [0.1, 0.15) is 5.60 Å². The monoisotopic (exact) mass is 326 g/mol. The minimum atomic E-state index is -0.463. The topological polar surface area (TPSA) is 59.6 Å². The summed E-state index contributed by atoms with van der Waals surface area (Å²) < 4.78 is 11.3. The summed E-state index contributed by atoms with van der Waals surface area (Å²) in [5.74, 6) is 0.420. The van der Waals surface area contributed by atoms with E-state index >= 15 is 0 Å². The van der Waals surface area contributed by atoms with Crippen LogP contribution in [-0.2, 0) is 9.47 Å². The highest BCUT2D eigenvalue weighted by atomic mass is 16.6. The van der Waals surface area contributed by atoms with Gasteiger partial charge in [0.2, 0.25) is 0 Å². The zero-order chi connectivity index (χ0) is 17.0. The van der Waals surface area contributed by atoms with Crippen LogP contribution in [0.1, 0.15) is 66.7 Å². The van der Waals surface area contributed by atoms with E-state index in [9.17, 15) is 4.79 Å². The zero-order valence-corrected chi connectivity index (χ0v) is 15.4. The van der Waals surface area contributed by atoms with E-state index in [1.165, 1.54) is 19.3 Å². The first-order valence-electron chi connectivity index (χ1n) is 9.23. The molecule has 0 aromatic carbocycles. The Morgan fingerprint density at radius 1 is 1.30 bits per heavy atom. The lowest BCUT2D eigenvalue weighted by Crippen LogP contribution is -2.71. The molecule has 5 heteroatoms. The maximum atomic E-state index is 12.1. The van der Waals surface area contributed by atoms with Crippen LogP contribution in [0.3, 0.4) is 0 Å². The molecule has 0 aromatic heterocycles. The van der Waals surface area contributed by atoms with Crippen molar-refractivity contribution in [2.45, 2.75) is 96.6 Å². The number of carbonyl (C=O) groups is 1. The second-order valence-corrected chi connectivity index (χ2v) is 7.90. The fourth-order valence-corrected chi connectivity index (χ4v) is 3.67.